The molecule has 0 atom stereocenters. The van der Waals surface area contributed by atoms with Crippen molar-refractivity contribution >= 4 is 11.6 Å². The fourth-order valence-electron chi connectivity index (χ4n) is 3.25. The SMILES string of the molecule is NC1CCN(c2cc(C(=O)c3ccc(-c4cn[nH]c4)cc3)ccn2)CC1. The van der Waals surface area contributed by atoms with Crippen LogP contribution in [-0.4, -0.2) is 40.1 Å². The number of ketones is 1. The van der Waals surface area contributed by atoms with Crippen molar-refractivity contribution in [3.8, 4) is 11.1 Å². The molecule has 3 N–H and O–H groups in total. The monoisotopic (exact) mass is 347 g/mol. The Labute approximate surface area is 152 Å². The van der Waals surface area contributed by atoms with Crippen molar-refractivity contribution in [2.45, 2.75) is 18.9 Å². The lowest BCUT2D eigenvalue weighted by molar-refractivity contribution is 0.103. The number of nitrogens with zero attached hydrogens (tertiary/aromatic N) is 3. The maximum atomic E-state index is 12.8. The molecule has 1 aliphatic rings. The zero-order valence-electron chi connectivity index (χ0n) is 14.4. The Balaban J connectivity index is 1.54. The molecule has 1 fully saturated rings. The third-order valence-corrected chi connectivity index (χ3v) is 4.85. The molecule has 6 heteroatoms. The maximum Gasteiger partial charge on any atom is 0.193 e. The van der Waals surface area contributed by atoms with Gasteiger partial charge in [0, 0.05) is 48.2 Å². The molecule has 0 bridgehead atoms. The lowest BCUT2D eigenvalue weighted by atomic mass is 10.0. The number of nitrogens with two attached hydrogens (primary N) is 1. The fourth-order valence-corrected chi connectivity index (χ4v) is 3.25. The molecule has 1 saturated heterocycles. The third kappa shape index (κ3) is 3.36. The van der Waals surface area contributed by atoms with E-state index in [0.717, 1.165) is 42.9 Å². The van der Waals surface area contributed by atoms with E-state index in [1.54, 1.807) is 18.5 Å². The number of carbonyl (C=O) groups is 1. The van der Waals surface area contributed by atoms with Crippen LogP contribution in [0.3, 0.4) is 0 Å². The Hall–Kier alpha value is -2.99. The molecule has 4 rings (SSSR count). The van der Waals surface area contributed by atoms with Crippen LogP contribution in [0.15, 0.2) is 55.0 Å². The van der Waals surface area contributed by atoms with Gasteiger partial charge in [0.15, 0.2) is 5.78 Å². The number of rotatable bonds is 4. The van der Waals surface area contributed by atoms with Crippen molar-refractivity contribution in [1.82, 2.24) is 15.2 Å². The number of H-pyrrole nitrogens is 1. The number of hydrogen-bond acceptors (Lipinski definition) is 5. The summed E-state index contributed by atoms with van der Waals surface area (Å²) >= 11 is 0. The highest BCUT2D eigenvalue weighted by Gasteiger charge is 2.18. The van der Waals surface area contributed by atoms with Crippen molar-refractivity contribution < 1.29 is 4.79 Å². The number of pyridine rings is 1. The standard InChI is InChI=1S/C20H21N5O/c21-18-6-9-25(10-7-18)19-11-16(5-8-22-19)20(26)15-3-1-14(2-4-15)17-12-23-24-13-17/h1-5,8,11-13,18H,6-7,9-10,21H2,(H,23,24). The molecule has 0 amide bonds. The molecule has 6 nitrogen and oxygen atoms in total. The van der Waals surface area contributed by atoms with Crippen molar-refractivity contribution in [3.05, 3.63) is 66.1 Å². The first-order chi connectivity index (χ1) is 12.7. The number of anilines is 1. The summed E-state index contributed by atoms with van der Waals surface area (Å²) in [5, 5.41) is 6.75. The fraction of sp³-hybridized carbons (Fsp3) is 0.250. The van der Waals surface area contributed by atoms with Gasteiger partial charge in [0.2, 0.25) is 0 Å². The minimum Gasteiger partial charge on any atom is -0.356 e. The van der Waals surface area contributed by atoms with E-state index in [0.29, 0.717) is 11.1 Å². The number of piperidine rings is 1. The van der Waals surface area contributed by atoms with Gasteiger partial charge in [0.05, 0.1) is 6.20 Å². The molecule has 3 heterocycles. The number of nitrogens with one attached hydrogen (secondary N) is 1. The van der Waals surface area contributed by atoms with Gasteiger partial charge in [-0.25, -0.2) is 4.98 Å². The van der Waals surface area contributed by atoms with Crippen LogP contribution in [0.2, 0.25) is 0 Å². The molecular formula is C20H21N5O. The Morgan fingerprint density at radius 2 is 1.85 bits per heavy atom. The third-order valence-electron chi connectivity index (χ3n) is 4.85. The highest BCUT2D eigenvalue weighted by molar-refractivity contribution is 6.09. The second-order valence-electron chi connectivity index (χ2n) is 6.62. The lowest BCUT2D eigenvalue weighted by Gasteiger charge is -2.31. The van der Waals surface area contributed by atoms with Gasteiger partial charge in [0.1, 0.15) is 5.82 Å². The van der Waals surface area contributed by atoms with Crippen LogP contribution in [-0.2, 0) is 0 Å². The normalized spacial score (nSPS) is 15.2. The number of benzene rings is 1. The first-order valence-electron chi connectivity index (χ1n) is 8.81. The molecule has 1 aliphatic heterocycles. The number of carbonyl (C=O) groups excluding carboxylic acids is 1. The van der Waals surface area contributed by atoms with Gasteiger partial charge in [0.25, 0.3) is 0 Å². The highest BCUT2D eigenvalue weighted by Crippen LogP contribution is 2.22. The average Bonchev–Trinajstić information content (AvgIpc) is 3.23. The van der Waals surface area contributed by atoms with Crippen LogP contribution in [0.5, 0.6) is 0 Å². The molecule has 2 aromatic heterocycles. The van der Waals surface area contributed by atoms with E-state index in [9.17, 15) is 4.79 Å². The van der Waals surface area contributed by atoms with Crippen LogP contribution < -0.4 is 10.6 Å². The predicted octanol–water partition coefficient (Wildman–Crippen LogP) is 2.63. The van der Waals surface area contributed by atoms with Gasteiger partial charge < -0.3 is 10.6 Å². The highest BCUT2D eigenvalue weighted by atomic mass is 16.1. The van der Waals surface area contributed by atoms with Gasteiger partial charge in [-0.05, 0) is 30.5 Å². The Morgan fingerprint density at radius 1 is 1.08 bits per heavy atom. The van der Waals surface area contributed by atoms with Gasteiger partial charge in [-0.15, -0.1) is 0 Å². The van der Waals surface area contributed by atoms with Gasteiger partial charge in [-0.3, -0.25) is 9.89 Å². The Morgan fingerprint density at radius 3 is 2.54 bits per heavy atom. The Bertz CT molecular complexity index is 881. The molecule has 0 saturated carbocycles. The molecule has 0 aliphatic carbocycles. The second-order valence-corrected chi connectivity index (χ2v) is 6.62. The molecule has 0 unspecified atom stereocenters. The summed E-state index contributed by atoms with van der Waals surface area (Å²) in [6.07, 6.45) is 7.20. The summed E-state index contributed by atoms with van der Waals surface area (Å²) in [4.78, 5) is 19.5. The van der Waals surface area contributed by atoms with Gasteiger partial charge >= 0.3 is 0 Å². The van der Waals surface area contributed by atoms with Crippen molar-refractivity contribution in [2.24, 2.45) is 5.73 Å². The summed E-state index contributed by atoms with van der Waals surface area (Å²) in [7, 11) is 0. The first-order valence-corrected chi connectivity index (χ1v) is 8.81. The van der Waals surface area contributed by atoms with Crippen LogP contribution in [0.25, 0.3) is 11.1 Å². The predicted molar refractivity (Wildman–Crippen MR) is 101 cm³/mol. The summed E-state index contributed by atoms with van der Waals surface area (Å²) in [6, 6.07) is 11.5. The van der Waals surface area contributed by atoms with E-state index in [2.05, 4.69) is 20.1 Å². The minimum atomic E-state index is 0.00102. The van der Waals surface area contributed by atoms with E-state index in [4.69, 9.17) is 5.73 Å². The summed E-state index contributed by atoms with van der Waals surface area (Å²) in [6.45, 7) is 1.76. The second kappa shape index (κ2) is 7.09. The average molecular weight is 347 g/mol. The zero-order chi connectivity index (χ0) is 17.9. The number of hydrogen-bond donors (Lipinski definition) is 2. The summed E-state index contributed by atoms with van der Waals surface area (Å²) in [5.41, 5.74) is 9.31. The summed E-state index contributed by atoms with van der Waals surface area (Å²) in [5.74, 6) is 0.846. The molecular weight excluding hydrogens is 326 g/mol. The topological polar surface area (TPSA) is 87.9 Å². The van der Waals surface area contributed by atoms with Crippen LogP contribution in [0.1, 0.15) is 28.8 Å². The van der Waals surface area contributed by atoms with Crippen molar-refractivity contribution in [1.29, 1.82) is 0 Å². The molecule has 3 aromatic rings. The molecule has 26 heavy (non-hydrogen) atoms. The number of aromatic amines is 1. The largest absolute Gasteiger partial charge is 0.356 e. The quantitative estimate of drug-likeness (QED) is 0.708. The van der Waals surface area contributed by atoms with Crippen LogP contribution in [0, 0.1) is 0 Å². The lowest BCUT2D eigenvalue weighted by Crippen LogP contribution is -2.40. The molecule has 0 spiro atoms. The summed E-state index contributed by atoms with van der Waals surface area (Å²) < 4.78 is 0. The van der Waals surface area contributed by atoms with E-state index in [1.807, 2.05) is 36.5 Å². The maximum absolute atomic E-state index is 12.8. The van der Waals surface area contributed by atoms with Crippen molar-refractivity contribution in [3.63, 3.8) is 0 Å². The first kappa shape index (κ1) is 16.5. The van der Waals surface area contributed by atoms with Crippen LogP contribution >= 0.6 is 0 Å². The molecule has 132 valence electrons. The van der Waals surface area contributed by atoms with E-state index >= 15 is 0 Å². The van der Waals surface area contributed by atoms with E-state index in [1.165, 1.54) is 0 Å². The number of aromatic nitrogens is 3. The minimum absolute atomic E-state index is 0.00102. The zero-order valence-corrected chi connectivity index (χ0v) is 14.4. The molecule has 0 radical (unpaired) electrons. The van der Waals surface area contributed by atoms with Gasteiger partial charge in [-0.1, -0.05) is 24.3 Å². The van der Waals surface area contributed by atoms with E-state index in [-0.39, 0.29) is 11.8 Å². The smallest absolute Gasteiger partial charge is 0.193 e. The van der Waals surface area contributed by atoms with Crippen LogP contribution in [0.4, 0.5) is 5.82 Å². The Kier molecular flexibility index (Phi) is 4.50. The molecule has 1 aromatic carbocycles. The van der Waals surface area contributed by atoms with Gasteiger partial charge in [-0.2, -0.15) is 5.10 Å². The van der Waals surface area contributed by atoms with E-state index < -0.39 is 0 Å². The van der Waals surface area contributed by atoms with Crippen molar-refractivity contribution in [2.75, 3.05) is 18.0 Å².